The number of aromatic nitrogens is 3. The van der Waals surface area contributed by atoms with Crippen molar-refractivity contribution < 1.29 is 0 Å². The van der Waals surface area contributed by atoms with E-state index in [1.54, 1.807) is 25.1 Å². The Bertz CT molecular complexity index is 516. The van der Waals surface area contributed by atoms with Gasteiger partial charge in [-0.25, -0.2) is 9.98 Å². The Balaban J connectivity index is 2.58. The summed E-state index contributed by atoms with van der Waals surface area (Å²) >= 11 is 11.7. The van der Waals surface area contributed by atoms with Crippen LogP contribution in [0.4, 0.5) is 5.69 Å². The predicted octanol–water partition coefficient (Wildman–Crippen LogP) is 3.41. The van der Waals surface area contributed by atoms with Crippen LogP contribution in [0.15, 0.2) is 29.5 Å². The molecule has 0 aliphatic heterocycles. The monoisotopic (exact) mass is 254 g/mol. The first-order valence-corrected chi connectivity index (χ1v) is 5.28. The lowest BCUT2D eigenvalue weighted by molar-refractivity contribution is 1.09. The minimum absolute atomic E-state index is 0.447. The van der Waals surface area contributed by atoms with Crippen molar-refractivity contribution in [1.29, 1.82) is 0 Å². The summed E-state index contributed by atoms with van der Waals surface area (Å²) in [5, 5.41) is 7.61. The molecule has 1 aromatic heterocycles. The largest absolute Gasteiger partial charge is 0.259 e. The van der Waals surface area contributed by atoms with Gasteiger partial charge in [-0.1, -0.05) is 23.2 Å². The van der Waals surface area contributed by atoms with E-state index < -0.39 is 0 Å². The first-order chi connectivity index (χ1) is 7.66. The van der Waals surface area contributed by atoms with E-state index in [0.29, 0.717) is 21.7 Å². The van der Waals surface area contributed by atoms with Gasteiger partial charge in [-0.05, 0) is 25.1 Å². The molecule has 0 spiro atoms. The Morgan fingerprint density at radius 3 is 2.88 bits per heavy atom. The van der Waals surface area contributed by atoms with Crippen molar-refractivity contribution in [2.45, 2.75) is 6.92 Å². The molecule has 0 aliphatic rings. The second kappa shape index (κ2) is 4.63. The minimum Gasteiger partial charge on any atom is -0.259 e. The maximum absolute atomic E-state index is 5.93. The number of aliphatic imine (C=N–C) groups is 1. The van der Waals surface area contributed by atoms with Gasteiger partial charge in [-0.15, -0.1) is 0 Å². The van der Waals surface area contributed by atoms with Crippen LogP contribution in [0.25, 0.3) is 11.4 Å². The Kier molecular flexibility index (Phi) is 3.22. The third kappa shape index (κ3) is 2.40. The summed E-state index contributed by atoms with van der Waals surface area (Å²) in [5.41, 5.74) is 1.47. The van der Waals surface area contributed by atoms with E-state index in [-0.39, 0.29) is 0 Å². The van der Waals surface area contributed by atoms with Crippen LogP contribution < -0.4 is 0 Å². The van der Waals surface area contributed by atoms with E-state index in [9.17, 15) is 0 Å². The van der Waals surface area contributed by atoms with Crippen molar-refractivity contribution in [3.05, 3.63) is 29.5 Å². The number of halogens is 2. The smallest absolute Gasteiger partial charge is 0.157 e. The molecule has 0 saturated heterocycles. The molecule has 0 radical (unpaired) electrons. The zero-order valence-electron chi connectivity index (χ0n) is 8.41. The summed E-state index contributed by atoms with van der Waals surface area (Å²) < 4.78 is 0. The van der Waals surface area contributed by atoms with Crippen LogP contribution in [0.5, 0.6) is 0 Å². The fourth-order valence-electron chi connectivity index (χ4n) is 1.30. The van der Waals surface area contributed by atoms with E-state index in [1.165, 1.54) is 6.33 Å². The quantitative estimate of drug-likeness (QED) is 0.836. The molecule has 0 saturated carbocycles. The van der Waals surface area contributed by atoms with Gasteiger partial charge in [0.05, 0.1) is 5.69 Å². The number of rotatable bonds is 2. The molecule has 4 nitrogen and oxygen atoms in total. The summed E-state index contributed by atoms with van der Waals surface area (Å²) in [4.78, 5) is 8.25. The Morgan fingerprint density at radius 1 is 1.44 bits per heavy atom. The van der Waals surface area contributed by atoms with Crippen LogP contribution in [0, 0.1) is 0 Å². The van der Waals surface area contributed by atoms with Gasteiger partial charge in [0.1, 0.15) is 11.5 Å². The second-order valence-corrected chi connectivity index (χ2v) is 4.09. The maximum Gasteiger partial charge on any atom is 0.157 e. The fourth-order valence-corrected chi connectivity index (χ4v) is 1.56. The van der Waals surface area contributed by atoms with Crippen LogP contribution in [-0.4, -0.2) is 20.4 Å². The minimum atomic E-state index is 0.447. The van der Waals surface area contributed by atoms with Gasteiger partial charge in [-0.2, -0.15) is 5.10 Å². The summed E-state index contributed by atoms with van der Waals surface area (Å²) in [6.45, 7) is 1.71. The number of nitrogens with one attached hydrogen (secondary N) is 1. The molecule has 0 aliphatic carbocycles. The van der Waals surface area contributed by atoms with E-state index in [4.69, 9.17) is 23.2 Å². The molecular weight excluding hydrogens is 247 g/mol. The summed E-state index contributed by atoms with van der Waals surface area (Å²) in [6, 6.07) is 5.30. The highest BCUT2D eigenvalue weighted by Crippen LogP contribution is 2.30. The molecule has 82 valence electrons. The number of benzene rings is 1. The van der Waals surface area contributed by atoms with Crippen LogP contribution in [-0.2, 0) is 0 Å². The predicted molar refractivity (Wildman–Crippen MR) is 65.5 cm³/mol. The first kappa shape index (κ1) is 11.1. The van der Waals surface area contributed by atoms with E-state index in [0.717, 1.165) is 5.56 Å². The Hall–Kier alpha value is -1.39. The second-order valence-electron chi connectivity index (χ2n) is 3.10. The van der Waals surface area contributed by atoms with Crippen molar-refractivity contribution in [3.63, 3.8) is 0 Å². The van der Waals surface area contributed by atoms with Gasteiger partial charge in [0.25, 0.3) is 0 Å². The average Bonchev–Trinajstić information content (AvgIpc) is 2.73. The number of hydrogen-bond acceptors (Lipinski definition) is 3. The molecule has 2 aromatic rings. The number of aromatic amines is 1. The molecule has 0 unspecified atom stereocenters. The molecule has 2 rings (SSSR count). The molecular formula is C10H8Cl2N4. The standard InChI is InChI=1S/C10H8Cl2N4/c1-6(11)15-9-3-2-7(12)4-8(9)10-13-5-14-16-10/h2-5H,1H3,(H,13,14,16). The van der Waals surface area contributed by atoms with Gasteiger partial charge >= 0.3 is 0 Å². The molecule has 1 aromatic carbocycles. The van der Waals surface area contributed by atoms with Crippen molar-refractivity contribution in [2.75, 3.05) is 0 Å². The SMILES string of the molecule is CC(Cl)=Nc1ccc(Cl)cc1-c1ncn[nH]1. The topological polar surface area (TPSA) is 53.9 Å². The average molecular weight is 255 g/mol. The summed E-state index contributed by atoms with van der Waals surface area (Å²) in [7, 11) is 0. The van der Waals surface area contributed by atoms with Gasteiger partial charge in [0.15, 0.2) is 5.82 Å². The molecule has 0 atom stereocenters. The van der Waals surface area contributed by atoms with Crippen molar-refractivity contribution in [3.8, 4) is 11.4 Å². The van der Waals surface area contributed by atoms with Gasteiger partial charge in [0.2, 0.25) is 0 Å². The number of H-pyrrole nitrogens is 1. The number of hydrogen-bond donors (Lipinski definition) is 1. The normalized spacial score (nSPS) is 11.8. The highest BCUT2D eigenvalue weighted by Gasteiger charge is 2.08. The van der Waals surface area contributed by atoms with Crippen molar-refractivity contribution >= 4 is 34.1 Å². The van der Waals surface area contributed by atoms with Crippen LogP contribution in [0.3, 0.4) is 0 Å². The highest BCUT2D eigenvalue weighted by molar-refractivity contribution is 6.65. The van der Waals surface area contributed by atoms with E-state index >= 15 is 0 Å². The first-order valence-electron chi connectivity index (χ1n) is 4.53. The lowest BCUT2D eigenvalue weighted by Gasteiger charge is -2.03. The molecule has 1 N–H and O–H groups in total. The lowest BCUT2D eigenvalue weighted by Crippen LogP contribution is -1.84. The van der Waals surface area contributed by atoms with E-state index in [2.05, 4.69) is 20.2 Å². The zero-order chi connectivity index (χ0) is 11.5. The Labute approximate surface area is 102 Å². The summed E-state index contributed by atoms with van der Waals surface area (Å²) in [5.74, 6) is 0.610. The molecule has 0 amide bonds. The lowest BCUT2D eigenvalue weighted by atomic mass is 10.1. The number of nitrogens with zero attached hydrogens (tertiary/aromatic N) is 3. The van der Waals surface area contributed by atoms with Crippen LogP contribution in [0.2, 0.25) is 5.02 Å². The molecule has 0 bridgehead atoms. The van der Waals surface area contributed by atoms with Crippen molar-refractivity contribution in [1.82, 2.24) is 15.2 Å². The molecule has 1 heterocycles. The highest BCUT2D eigenvalue weighted by atomic mass is 35.5. The molecule has 0 fully saturated rings. The fraction of sp³-hybridized carbons (Fsp3) is 0.100. The third-order valence-corrected chi connectivity index (χ3v) is 2.22. The van der Waals surface area contributed by atoms with Crippen LogP contribution in [0.1, 0.15) is 6.92 Å². The maximum atomic E-state index is 5.93. The third-order valence-electron chi connectivity index (χ3n) is 1.90. The summed E-state index contributed by atoms with van der Waals surface area (Å²) in [6.07, 6.45) is 1.43. The van der Waals surface area contributed by atoms with E-state index in [1.807, 2.05) is 0 Å². The van der Waals surface area contributed by atoms with Crippen molar-refractivity contribution in [2.24, 2.45) is 4.99 Å². The molecule has 16 heavy (non-hydrogen) atoms. The molecule has 6 heteroatoms. The van der Waals surface area contributed by atoms with Gasteiger partial charge in [0, 0.05) is 10.6 Å². The van der Waals surface area contributed by atoms with Gasteiger partial charge in [-0.3, -0.25) is 5.10 Å². The van der Waals surface area contributed by atoms with Gasteiger partial charge < -0.3 is 0 Å². The Morgan fingerprint density at radius 2 is 2.25 bits per heavy atom. The van der Waals surface area contributed by atoms with Crippen LogP contribution >= 0.6 is 23.2 Å². The zero-order valence-corrected chi connectivity index (χ0v) is 9.92.